The lowest BCUT2D eigenvalue weighted by molar-refractivity contribution is 0.304. The Morgan fingerprint density at radius 1 is 1.46 bits per heavy atom. The third kappa shape index (κ3) is 1.84. The highest BCUT2D eigenvalue weighted by Crippen LogP contribution is 2.27. The van der Waals surface area contributed by atoms with Crippen LogP contribution in [0.5, 0.6) is 0 Å². The van der Waals surface area contributed by atoms with Crippen LogP contribution in [0.3, 0.4) is 0 Å². The van der Waals surface area contributed by atoms with Crippen LogP contribution in [0.25, 0.3) is 0 Å². The van der Waals surface area contributed by atoms with E-state index in [1.54, 1.807) is 6.07 Å². The van der Waals surface area contributed by atoms with Crippen LogP contribution in [0.2, 0.25) is 5.02 Å². The Labute approximate surface area is 81.9 Å². The molecule has 0 spiro atoms. The van der Waals surface area contributed by atoms with E-state index in [2.05, 4.69) is 5.32 Å². The van der Waals surface area contributed by atoms with Gasteiger partial charge in [0.25, 0.3) is 0 Å². The predicted octanol–water partition coefficient (Wildman–Crippen LogP) is 2.71. The Hall–Kier alpha value is -0.600. The van der Waals surface area contributed by atoms with E-state index in [1.807, 2.05) is 18.2 Å². The van der Waals surface area contributed by atoms with Crippen LogP contribution in [0.15, 0.2) is 24.3 Å². The molecule has 1 heterocycles. The van der Waals surface area contributed by atoms with E-state index in [0.717, 1.165) is 12.1 Å². The van der Waals surface area contributed by atoms with Gasteiger partial charge in [0.15, 0.2) is 0 Å². The molecule has 1 saturated heterocycles. The molecule has 3 heteroatoms. The number of rotatable bonds is 1. The molecular formula is C10H11ClFN. The first-order valence-electron chi connectivity index (χ1n) is 4.40. The van der Waals surface area contributed by atoms with Crippen LogP contribution in [-0.4, -0.2) is 12.7 Å². The van der Waals surface area contributed by atoms with Crippen molar-refractivity contribution in [2.75, 3.05) is 6.54 Å². The van der Waals surface area contributed by atoms with Crippen molar-refractivity contribution in [3.05, 3.63) is 34.9 Å². The van der Waals surface area contributed by atoms with Gasteiger partial charge in [0.1, 0.15) is 6.17 Å². The Balaban J connectivity index is 2.24. The lowest BCUT2D eigenvalue weighted by Crippen LogP contribution is -2.18. The largest absolute Gasteiger partial charge is 0.307 e. The molecule has 2 unspecified atom stereocenters. The SMILES string of the molecule is FC1CCNC1c1cccc(Cl)c1. The van der Waals surface area contributed by atoms with Gasteiger partial charge in [0.05, 0.1) is 6.04 Å². The summed E-state index contributed by atoms with van der Waals surface area (Å²) in [5.41, 5.74) is 0.942. The second-order valence-electron chi connectivity index (χ2n) is 3.29. The molecule has 1 aromatic rings. The summed E-state index contributed by atoms with van der Waals surface area (Å²) in [6, 6.07) is 7.20. The quantitative estimate of drug-likeness (QED) is 0.734. The van der Waals surface area contributed by atoms with E-state index in [1.165, 1.54) is 0 Å². The number of nitrogens with one attached hydrogen (secondary N) is 1. The number of hydrogen-bond donors (Lipinski definition) is 1. The summed E-state index contributed by atoms with van der Waals surface area (Å²) in [7, 11) is 0. The van der Waals surface area contributed by atoms with E-state index < -0.39 is 6.17 Å². The van der Waals surface area contributed by atoms with Crippen LogP contribution >= 0.6 is 11.6 Å². The maximum atomic E-state index is 13.3. The summed E-state index contributed by atoms with van der Waals surface area (Å²) in [5, 5.41) is 3.78. The number of benzene rings is 1. The number of alkyl halides is 1. The van der Waals surface area contributed by atoms with Crippen LogP contribution in [0.4, 0.5) is 4.39 Å². The van der Waals surface area contributed by atoms with Crippen LogP contribution < -0.4 is 5.32 Å². The molecule has 0 radical (unpaired) electrons. The third-order valence-corrected chi connectivity index (χ3v) is 2.59. The maximum Gasteiger partial charge on any atom is 0.121 e. The van der Waals surface area contributed by atoms with Crippen molar-refractivity contribution >= 4 is 11.6 Å². The highest BCUT2D eigenvalue weighted by atomic mass is 35.5. The normalized spacial score (nSPS) is 27.8. The molecule has 2 rings (SSSR count). The zero-order valence-corrected chi connectivity index (χ0v) is 7.89. The number of hydrogen-bond acceptors (Lipinski definition) is 1. The van der Waals surface area contributed by atoms with Crippen molar-refractivity contribution in [1.82, 2.24) is 5.32 Å². The zero-order valence-electron chi connectivity index (χ0n) is 7.13. The van der Waals surface area contributed by atoms with E-state index >= 15 is 0 Å². The lowest BCUT2D eigenvalue weighted by atomic mass is 10.0. The fourth-order valence-corrected chi connectivity index (χ4v) is 1.90. The minimum atomic E-state index is -0.779. The fraction of sp³-hybridized carbons (Fsp3) is 0.400. The summed E-state index contributed by atoms with van der Waals surface area (Å²) in [6.45, 7) is 0.748. The topological polar surface area (TPSA) is 12.0 Å². The van der Waals surface area contributed by atoms with Crippen LogP contribution in [0, 0.1) is 0 Å². The second-order valence-corrected chi connectivity index (χ2v) is 3.73. The maximum absolute atomic E-state index is 13.3. The van der Waals surface area contributed by atoms with Gasteiger partial charge in [0.2, 0.25) is 0 Å². The molecule has 1 fully saturated rings. The second kappa shape index (κ2) is 3.64. The average molecular weight is 200 g/mol. The minimum absolute atomic E-state index is 0.168. The third-order valence-electron chi connectivity index (χ3n) is 2.35. The molecule has 13 heavy (non-hydrogen) atoms. The first kappa shape index (κ1) is 8.97. The van der Waals surface area contributed by atoms with Crippen LogP contribution in [-0.2, 0) is 0 Å². The van der Waals surface area contributed by atoms with E-state index in [9.17, 15) is 4.39 Å². The van der Waals surface area contributed by atoms with Gasteiger partial charge in [-0.3, -0.25) is 0 Å². The molecule has 0 aliphatic carbocycles. The summed E-state index contributed by atoms with van der Waals surface area (Å²) < 4.78 is 13.3. The molecule has 0 aromatic heterocycles. The highest BCUT2D eigenvalue weighted by Gasteiger charge is 2.27. The van der Waals surface area contributed by atoms with E-state index in [0.29, 0.717) is 11.4 Å². The van der Waals surface area contributed by atoms with Crippen molar-refractivity contribution in [3.63, 3.8) is 0 Å². The molecule has 70 valence electrons. The smallest absolute Gasteiger partial charge is 0.121 e. The van der Waals surface area contributed by atoms with Gasteiger partial charge in [-0.1, -0.05) is 23.7 Å². The fourth-order valence-electron chi connectivity index (χ4n) is 1.70. The monoisotopic (exact) mass is 199 g/mol. The minimum Gasteiger partial charge on any atom is -0.307 e. The summed E-state index contributed by atoms with van der Waals surface area (Å²) in [4.78, 5) is 0. The van der Waals surface area contributed by atoms with Gasteiger partial charge in [-0.2, -0.15) is 0 Å². The zero-order chi connectivity index (χ0) is 9.26. The van der Waals surface area contributed by atoms with Crippen LogP contribution in [0.1, 0.15) is 18.0 Å². The first-order valence-corrected chi connectivity index (χ1v) is 4.78. The van der Waals surface area contributed by atoms with Crippen molar-refractivity contribution in [2.45, 2.75) is 18.6 Å². The van der Waals surface area contributed by atoms with Gasteiger partial charge in [-0.05, 0) is 30.7 Å². The molecule has 1 nitrogen and oxygen atoms in total. The van der Waals surface area contributed by atoms with Gasteiger partial charge in [-0.15, -0.1) is 0 Å². The molecular weight excluding hydrogens is 189 g/mol. The van der Waals surface area contributed by atoms with E-state index in [-0.39, 0.29) is 6.04 Å². The van der Waals surface area contributed by atoms with Crippen molar-refractivity contribution in [2.24, 2.45) is 0 Å². The molecule has 1 aromatic carbocycles. The van der Waals surface area contributed by atoms with Crippen molar-refractivity contribution in [1.29, 1.82) is 0 Å². The predicted molar refractivity (Wildman–Crippen MR) is 51.7 cm³/mol. The average Bonchev–Trinajstić information content (AvgIpc) is 2.51. The first-order chi connectivity index (χ1) is 6.27. The Kier molecular flexibility index (Phi) is 2.51. The molecule has 1 aliphatic rings. The van der Waals surface area contributed by atoms with Crippen molar-refractivity contribution < 1.29 is 4.39 Å². The van der Waals surface area contributed by atoms with Crippen molar-refractivity contribution in [3.8, 4) is 0 Å². The number of halogens is 2. The summed E-state index contributed by atoms with van der Waals surface area (Å²) in [5.74, 6) is 0. The van der Waals surface area contributed by atoms with Gasteiger partial charge < -0.3 is 5.32 Å². The summed E-state index contributed by atoms with van der Waals surface area (Å²) >= 11 is 5.82. The Morgan fingerprint density at radius 2 is 2.31 bits per heavy atom. The van der Waals surface area contributed by atoms with Gasteiger partial charge in [0, 0.05) is 5.02 Å². The van der Waals surface area contributed by atoms with Gasteiger partial charge >= 0.3 is 0 Å². The standard InChI is InChI=1S/C10H11ClFN/c11-8-3-1-2-7(6-8)10-9(12)4-5-13-10/h1-3,6,9-10,13H,4-5H2. The summed E-state index contributed by atoms with van der Waals surface area (Å²) in [6.07, 6.45) is -0.185. The van der Waals surface area contributed by atoms with Gasteiger partial charge in [-0.25, -0.2) is 4.39 Å². The molecule has 1 N–H and O–H groups in total. The molecule has 2 atom stereocenters. The van der Waals surface area contributed by atoms with E-state index in [4.69, 9.17) is 11.6 Å². The lowest BCUT2D eigenvalue weighted by Gasteiger charge is -2.13. The Bertz CT molecular complexity index is 303. The molecule has 0 bridgehead atoms. The molecule has 1 aliphatic heterocycles. The molecule has 0 saturated carbocycles. The molecule has 0 amide bonds. The highest BCUT2D eigenvalue weighted by molar-refractivity contribution is 6.30. The Morgan fingerprint density at radius 3 is 2.92 bits per heavy atom.